The van der Waals surface area contributed by atoms with Gasteiger partial charge in [0.25, 0.3) is 0 Å². The summed E-state index contributed by atoms with van der Waals surface area (Å²) in [6, 6.07) is 0. The van der Waals surface area contributed by atoms with Crippen molar-refractivity contribution in [3.8, 4) is 0 Å². The van der Waals surface area contributed by atoms with E-state index in [-0.39, 0.29) is 31.3 Å². The summed E-state index contributed by atoms with van der Waals surface area (Å²) in [6.45, 7) is 8.80. The number of carbonyl (C=O) groups is 4. The van der Waals surface area contributed by atoms with Crippen molar-refractivity contribution >= 4 is 23.7 Å². The Labute approximate surface area is 226 Å². The number of Topliss-reactive ketones (excluding diaryl/α,β-unsaturated/α-hetero) is 1. The number of rotatable bonds is 4. The molecule has 39 heavy (non-hydrogen) atoms. The van der Waals surface area contributed by atoms with Gasteiger partial charge in [0.05, 0.1) is 25.7 Å². The van der Waals surface area contributed by atoms with Crippen molar-refractivity contribution < 1.29 is 53.4 Å². The molecule has 5 fully saturated rings. The fourth-order valence-electron chi connectivity index (χ4n) is 8.71. The molecule has 4 unspecified atom stereocenters. The number of hydrogen-bond acceptors (Lipinski definition) is 11. The van der Waals surface area contributed by atoms with Crippen molar-refractivity contribution in [2.45, 2.75) is 83.6 Å². The second-order valence-corrected chi connectivity index (χ2v) is 12.6. The van der Waals surface area contributed by atoms with Crippen LogP contribution in [-0.4, -0.2) is 88.8 Å². The van der Waals surface area contributed by atoms with Crippen LogP contribution in [0.15, 0.2) is 11.6 Å². The van der Waals surface area contributed by atoms with Crippen LogP contribution >= 0.6 is 0 Å². The van der Waals surface area contributed by atoms with Crippen molar-refractivity contribution in [3.05, 3.63) is 11.6 Å². The second-order valence-electron chi connectivity index (χ2n) is 12.6. The van der Waals surface area contributed by atoms with Gasteiger partial charge in [0.2, 0.25) is 11.7 Å². The molecule has 0 aromatic rings. The van der Waals surface area contributed by atoms with E-state index >= 15 is 0 Å². The molecule has 5 rings (SSSR count). The van der Waals surface area contributed by atoms with E-state index in [0.29, 0.717) is 5.57 Å². The second kappa shape index (κ2) is 9.09. The third-order valence-electron chi connectivity index (χ3n) is 10.7. The SMILES string of the molecule is COC(=O)C12OC[C@]34[C@H]([C@@H](O)C1O)[C@@]1(C)C(=O)C(O)C[C@@H](C)[C@@H]1C[C@H]3OC(=O)C(OC(=O)/C=C(\C)C(C)C)[C@@H]24. The van der Waals surface area contributed by atoms with Crippen LogP contribution in [0.5, 0.6) is 0 Å². The van der Waals surface area contributed by atoms with Crippen molar-refractivity contribution in [2.24, 2.45) is 40.4 Å². The maximum absolute atomic E-state index is 13.7. The van der Waals surface area contributed by atoms with Crippen LogP contribution in [0, 0.1) is 40.4 Å². The minimum atomic E-state index is -2.25. The van der Waals surface area contributed by atoms with Crippen molar-refractivity contribution in [3.63, 3.8) is 0 Å². The van der Waals surface area contributed by atoms with E-state index in [0.717, 1.165) is 7.11 Å². The number of carbonyl (C=O) groups excluding carboxylic acids is 4. The Hall–Kier alpha value is -2.34. The van der Waals surface area contributed by atoms with E-state index in [1.807, 2.05) is 20.8 Å². The molecule has 3 aliphatic carbocycles. The standard InChI is InChI=1S/C28H38O11/c1-11(2)12(3)8-17(30)39-19-21-27-10-37-28(21,25(35)36-6)23(33)18(31)20(27)26(5)14(9-16(27)38-24(19)34)13(4)7-15(29)22(26)32/h8,11,13-16,18-21,23,29,31,33H,7,9-10H2,1-6H3/b12-8+/t13-,14+,15?,16-,18-,19?,20-,21-,23?,26+,27-,28?/m1/s1. The largest absolute Gasteiger partial charge is 0.467 e. The maximum atomic E-state index is 13.7. The van der Waals surface area contributed by atoms with E-state index in [1.54, 1.807) is 13.8 Å². The third kappa shape index (κ3) is 3.42. The van der Waals surface area contributed by atoms with Gasteiger partial charge in [-0.15, -0.1) is 0 Å². The lowest BCUT2D eigenvalue weighted by Crippen LogP contribution is -2.80. The van der Waals surface area contributed by atoms with Crippen LogP contribution in [0.2, 0.25) is 0 Å². The highest BCUT2D eigenvalue weighted by Crippen LogP contribution is 2.72. The predicted molar refractivity (Wildman–Crippen MR) is 131 cm³/mol. The van der Waals surface area contributed by atoms with Gasteiger partial charge < -0.3 is 34.3 Å². The van der Waals surface area contributed by atoms with E-state index in [1.165, 1.54) is 6.08 Å². The van der Waals surface area contributed by atoms with Gasteiger partial charge in [0.1, 0.15) is 18.3 Å². The number of aliphatic hydroxyl groups excluding tert-OH is 3. The van der Waals surface area contributed by atoms with E-state index in [9.17, 15) is 34.5 Å². The maximum Gasteiger partial charge on any atom is 0.348 e. The number of fused-ring (bicyclic) bond motifs is 2. The first-order valence-electron chi connectivity index (χ1n) is 13.6. The van der Waals surface area contributed by atoms with Crippen molar-refractivity contribution in [2.75, 3.05) is 13.7 Å². The minimum absolute atomic E-state index is 0.0248. The molecule has 0 amide bonds. The summed E-state index contributed by atoms with van der Waals surface area (Å²) >= 11 is 0. The van der Waals surface area contributed by atoms with Crippen LogP contribution in [0.1, 0.15) is 47.5 Å². The Morgan fingerprint density at radius 1 is 1.13 bits per heavy atom. The van der Waals surface area contributed by atoms with Gasteiger partial charge in [-0.25, -0.2) is 14.4 Å². The average Bonchev–Trinajstić information content (AvgIpc) is 3.18. The van der Waals surface area contributed by atoms with E-state index in [4.69, 9.17) is 18.9 Å². The Kier molecular flexibility index (Phi) is 6.57. The molecule has 0 aromatic carbocycles. The number of hydrogen-bond donors (Lipinski definition) is 3. The molecular weight excluding hydrogens is 512 g/mol. The summed E-state index contributed by atoms with van der Waals surface area (Å²) < 4.78 is 22.7. The molecule has 3 saturated carbocycles. The molecule has 2 bridgehead atoms. The molecule has 11 heteroatoms. The van der Waals surface area contributed by atoms with Crippen LogP contribution in [0.25, 0.3) is 0 Å². The lowest BCUT2D eigenvalue weighted by atomic mass is 9.37. The highest BCUT2D eigenvalue weighted by Gasteiger charge is 2.86. The smallest absolute Gasteiger partial charge is 0.348 e. The number of esters is 3. The van der Waals surface area contributed by atoms with Crippen LogP contribution in [-0.2, 0) is 38.1 Å². The van der Waals surface area contributed by atoms with E-state index in [2.05, 4.69) is 0 Å². The lowest BCUT2D eigenvalue weighted by Gasteiger charge is -2.67. The molecule has 1 spiro atoms. The summed E-state index contributed by atoms with van der Waals surface area (Å²) in [5.41, 5.74) is -4.30. The van der Waals surface area contributed by atoms with Crippen LogP contribution in [0.4, 0.5) is 0 Å². The molecule has 2 heterocycles. The molecule has 216 valence electrons. The zero-order valence-corrected chi connectivity index (χ0v) is 23.1. The summed E-state index contributed by atoms with van der Waals surface area (Å²) in [5.74, 6) is -6.19. The highest BCUT2D eigenvalue weighted by atomic mass is 16.6. The Morgan fingerprint density at radius 3 is 2.41 bits per heavy atom. The number of ether oxygens (including phenoxy) is 4. The summed E-state index contributed by atoms with van der Waals surface area (Å²) in [5, 5.41) is 34.0. The van der Waals surface area contributed by atoms with Gasteiger partial charge in [-0.1, -0.05) is 33.3 Å². The topological polar surface area (TPSA) is 166 Å². The first-order valence-corrected chi connectivity index (χ1v) is 13.6. The average molecular weight is 551 g/mol. The van der Waals surface area contributed by atoms with Crippen molar-refractivity contribution in [1.29, 1.82) is 0 Å². The molecule has 12 atom stereocenters. The quantitative estimate of drug-likeness (QED) is 0.251. The third-order valence-corrected chi connectivity index (χ3v) is 10.7. The van der Waals surface area contributed by atoms with Gasteiger partial charge in [0, 0.05) is 22.8 Å². The first-order chi connectivity index (χ1) is 18.2. The summed E-state index contributed by atoms with van der Waals surface area (Å²) in [7, 11) is 1.09. The number of ketones is 1. The number of allylic oxidation sites excluding steroid dienone is 1. The summed E-state index contributed by atoms with van der Waals surface area (Å²) in [6.07, 6.45) is -5.78. The lowest BCUT2D eigenvalue weighted by molar-refractivity contribution is -0.293. The predicted octanol–water partition coefficient (Wildman–Crippen LogP) is 0.318. The molecule has 5 aliphatic rings. The molecular formula is C28H38O11. The molecule has 2 aliphatic heterocycles. The Bertz CT molecular complexity index is 1130. The van der Waals surface area contributed by atoms with E-state index < -0.39 is 88.4 Å². The normalized spacial score (nSPS) is 48.7. The number of methoxy groups -OCH3 is 1. The summed E-state index contributed by atoms with van der Waals surface area (Å²) in [4.78, 5) is 53.6. The molecule has 0 aromatic heterocycles. The van der Waals surface area contributed by atoms with Gasteiger partial charge >= 0.3 is 17.9 Å². The monoisotopic (exact) mass is 550 g/mol. The molecule has 3 N–H and O–H groups in total. The molecule has 2 saturated heterocycles. The first kappa shape index (κ1) is 28.2. The van der Waals surface area contributed by atoms with Crippen molar-refractivity contribution in [1.82, 2.24) is 0 Å². The zero-order chi connectivity index (χ0) is 28.8. The fourth-order valence-corrected chi connectivity index (χ4v) is 8.71. The van der Waals surface area contributed by atoms with Gasteiger partial charge in [-0.2, -0.15) is 0 Å². The van der Waals surface area contributed by atoms with Gasteiger partial charge in [0.15, 0.2) is 5.78 Å². The fraction of sp³-hybridized carbons (Fsp3) is 0.786. The van der Waals surface area contributed by atoms with Gasteiger partial charge in [-0.05, 0) is 37.5 Å². The minimum Gasteiger partial charge on any atom is -0.467 e. The van der Waals surface area contributed by atoms with Crippen LogP contribution in [0.3, 0.4) is 0 Å². The number of aliphatic hydroxyl groups is 3. The Balaban J connectivity index is 1.71. The van der Waals surface area contributed by atoms with Crippen LogP contribution < -0.4 is 0 Å². The van der Waals surface area contributed by atoms with Gasteiger partial charge in [-0.3, -0.25) is 4.79 Å². The molecule has 11 nitrogen and oxygen atoms in total. The zero-order valence-electron chi connectivity index (χ0n) is 23.1. The Morgan fingerprint density at radius 2 is 1.79 bits per heavy atom. The molecule has 0 radical (unpaired) electrons. The highest BCUT2D eigenvalue weighted by molar-refractivity contribution is 5.92.